The van der Waals surface area contributed by atoms with Crippen LogP contribution in [0.4, 0.5) is 33.1 Å². The van der Waals surface area contributed by atoms with Gasteiger partial charge in [0.1, 0.15) is 36.1 Å². The molecule has 0 bridgehead atoms. The number of nitrogens with one attached hydrogen (secondary N) is 3. The van der Waals surface area contributed by atoms with Crippen molar-refractivity contribution >= 4 is 46.2 Å². The molecule has 0 fully saturated rings. The first-order chi connectivity index (χ1) is 22.4. The Bertz CT molecular complexity index is 1680. The molecule has 12 nitrogen and oxygen atoms in total. The van der Waals surface area contributed by atoms with Crippen LogP contribution >= 0.6 is 11.6 Å². The molecule has 4 aromatic rings. The van der Waals surface area contributed by atoms with Crippen LogP contribution in [0, 0.1) is 5.82 Å². The molecule has 0 atom stereocenters. The van der Waals surface area contributed by atoms with E-state index >= 15 is 0 Å². The topological polar surface area (TPSA) is 149 Å². The molecule has 0 saturated heterocycles. The zero-order valence-electron chi connectivity index (χ0n) is 25.1. The maximum atomic E-state index is 13.4. The molecule has 1 amide bonds. The molecule has 0 aliphatic carbocycles. The van der Waals surface area contributed by atoms with Crippen molar-refractivity contribution in [3.63, 3.8) is 0 Å². The van der Waals surface area contributed by atoms with Gasteiger partial charge in [-0.25, -0.2) is 14.4 Å². The number of ether oxygens (including phenoxy) is 2. The van der Waals surface area contributed by atoms with Crippen LogP contribution in [0.15, 0.2) is 96.4 Å². The summed E-state index contributed by atoms with van der Waals surface area (Å²) in [6.45, 7) is 2.60. The summed E-state index contributed by atoms with van der Waals surface area (Å²) in [7, 11) is 1.92. The summed E-state index contributed by atoms with van der Waals surface area (Å²) in [5.74, 6) is 0.953. The number of hydrogen-bond acceptors (Lipinski definition) is 9. The van der Waals surface area contributed by atoms with E-state index in [1.807, 2.05) is 24.1 Å². The van der Waals surface area contributed by atoms with Crippen LogP contribution in [0.1, 0.15) is 5.56 Å². The summed E-state index contributed by atoms with van der Waals surface area (Å²) in [5.41, 5.74) is 11.0. The Morgan fingerprint density at radius 1 is 1.02 bits per heavy atom. The van der Waals surface area contributed by atoms with Gasteiger partial charge in [-0.3, -0.25) is 4.79 Å². The molecule has 238 valence electrons. The molecule has 1 aromatic heterocycles. The smallest absolute Gasteiger partial charge is 0.248 e. The first-order valence-corrected chi connectivity index (χ1v) is 14.6. The summed E-state index contributed by atoms with van der Waals surface area (Å²) in [5, 5.41) is 13.1. The number of anilines is 5. The highest BCUT2D eigenvalue weighted by molar-refractivity contribution is 6.32. The number of carbonyl (C=O) groups is 1. The number of benzene rings is 3. The second-order valence-corrected chi connectivity index (χ2v) is 10.3. The standard InChI is InChI=1S/C32H33ClFN9O3/c1-43(14-16-45-15-12-38-42-35)13-4-9-32(44)41-26-8-3-7-25(18-26)39-30-20-31(37-22-36-30)40-27-10-11-29(28(33)19-27)46-21-23-5-2-6-24(34)17-23/h2-11,17-20,22H,12-16,21H2,1H3,(H,41,44)(H2,36,37,39,40). The first-order valence-electron chi connectivity index (χ1n) is 14.3. The maximum absolute atomic E-state index is 13.4. The Hall–Kier alpha value is -5.20. The summed E-state index contributed by atoms with van der Waals surface area (Å²) in [6, 6.07) is 20.4. The van der Waals surface area contributed by atoms with Crippen LogP contribution in [0.5, 0.6) is 5.75 Å². The monoisotopic (exact) mass is 645 g/mol. The lowest BCUT2D eigenvalue weighted by molar-refractivity contribution is -0.111. The summed E-state index contributed by atoms with van der Waals surface area (Å²) in [4.78, 5) is 25.7. The van der Waals surface area contributed by atoms with Crippen LogP contribution in [-0.4, -0.2) is 60.7 Å². The van der Waals surface area contributed by atoms with E-state index < -0.39 is 0 Å². The Morgan fingerprint density at radius 2 is 1.78 bits per heavy atom. The average molecular weight is 646 g/mol. The highest BCUT2D eigenvalue weighted by atomic mass is 35.5. The Balaban J connectivity index is 1.25. The predicted molar refractivity (Wildman–Crippen MR) is 177 cm³/mol. The Kier molecular flexibility index (Phi) is 13.1. The van der Waals surface area contributed by atoms with Crippen LogP contribution in [0.3, 0.4) is 0 Å². The molecule has 0 spiro atoms. The number of likely N-dealkylation sites (N-methyl/N-ethyl adjacent to an activating group) is 1. The fourth-order valence-electron chi connectivity index (χ4n) is 4.04. The average Bonchev–Trinajstić information content (AvgIpc) is 3.03. The van der Waals surface area contributed by atoms with Crippen molar-refractivity contribution in [1.29, 1.82) is 0 Å². The lowest BCUT2D eigenvalue weighted by Gasteiger charge is -2.14. The molecule has 0 aliphatic heterocycles. The maximum Gasteiger partial charge on any atom is 0.248 e. The van der Waals surface area contributed by atoms with Crippen LogP contribution in [-0.2, 0) is 16.1 Å². The highest BCUT2D eigenvalue weighted by Crippen LogP contribution is 2.30. The number of nitrogens with zero attached hydrogens (tertiary/aromatic N) is 6. The van der Waals surface area contributed by atoms with Gasteiger partial charge in [-0.05, 0) is 66.7 Å². The van der Waals surface area contributed by atoms with E-state index in [1.165, 1.54) is 24.5 Å². The van der Waals surface area contributed by atoms with E-state index in [0.717, 1.165) is 5.69 Å². The second-order valence-electron chi connectivity index (χ2n) is 9.90. The molecule has 0 radical (unpaired) electrons. The predicted octanol–water partition coefficient (Wildman–Crippen LogP) is 7.09. The van der Waals surface area contributed by atoms with Gasteiger partial charge in [0.05, 0.1) is 18.2 Å². The van der Waals surface area contributed by atoms with Crippen molar-refractivity contribution < 1.29 is 18.7 Å². The van der Waals surface area contributed by atoms with Crippen molar-refractivity contribution in [2.24, 2.45) is 5.11 Å². The highest BCUT2D eigenvalue weighted by Gasteiger charge is 2.07. The van der Waals surface area contributed by atoms with Gasteiger partial charge in [-0.2, -0.15) is 0 Å². The van der Waals surface area contributed by atoms with Gasteiger partial charge < -0.3 is 30.3 Å². The normalized spacial score (nSPS) is 10.9. The third kappa shape index (κ3) is 11.7. The largest absolute Gasteiger partial charge is 0.487 e. The van der Waals surface area contributed by atoms with Crippen LogP contribution in [0.25, 0.3) is 10.4 Å². The molecule has 0 aliphatic rings. The molecule has 0 unspecified atom stereocenters. The van der Waals surface area contributed by atoms with Crippen molar-refractivity contribution in [1.82, 2.24) is 14.9 Å². The molecule has 0 saturated carbocycles. The molecular weight excluding hydrogens is 613 g/mol. The van der Waals surface area contributed by atoms with E-state index in [1.54, 1.807) is 54.6 Å². The Morgan fingerprint density at radius 3 is 2.54 bits per heavy atom. The van der Waals surface area contributed by atoms with Gasteiger partial charge in [-0.1, -0.05) is 41.0 Å². The third-order valence-electron chi connectivity index (χ3n) is 6.26. The summed E-state index contributed by atoms with van der Waals surface area (Å²) < 4.78 is 24.6. The number of halogens is 2. The van der Waals surface area contributed by atoms with E-state index in [2.05, 4.69) is 35.9 Å². The molecule has 14 heteroatoms. The van der Waals surface area contributed by atoms with Gasteiger partial charge in [0, 0.05) is 53.8 Å². The second kappa shape index (κ2) is 17.9. The van der Waals surface area contributed by atoms with Gasteiger partial charge in [0.15, 0.2) is 0 Å². The van der Waals surface area contributed by atoms with Gasteiger partial charge >= 0.3 is 0 Å². The van der Waals surface area contributed by atoms with Crippen molar-refractivity contribution in [3.05, 3.63) is 118 Å². The number of carbonyl (C=O) groups excluding carboxylic acids is 1. The zero-order chi connectivity index (χ0) is 32.6. The summed E-state index contributed by atoms with van der Waals surface area (Å²) in [6.07, 6.45) is 4.68. The van der Waals surface area contributed by atoms with Gasteiger partial charge in [-0.15, -0.1) is 0 Å². The molecule has 46 heavy (non-hydrogen) atoms. The lowest BCUT2D eigenvalue weighted by Crippen LogP contribution is -2.24. The minimum atomic E-state index is -0.325. The molecular formula is C32H33ClFN9O3. The minimum absolute atomic E-state index is 0.185. The number of azide groups is 1. The first kappa shape index (κ1) is 33.7. The van der Waals surface area contributed by atoms with Gasteiger partial charge in [0.25, 0.3) is 0 Å². The third-order valence-corrected chi connectivity index (χ3v) is 6.56. The van der Waals surface area contributed by atoms with Crippen molar-refractivity contribution in [2.75, 3.05) is 55.8 Å². The van der Waals surface area contributed by atoms with Crippen LogP contribution in [0.2, 0.25) is 5.02 Å². The van der Waals surface area contributed by atoms with Crippen molar-refractivity contribution in [2.45, 2.75) is 6.61 Å². The number of rotatable bonds is 17. The SMILES string of the molecule is CN(CC=CC(=O)Nc1cccc(Nc2cc(Nc3ccc(OCc4cccc(F)c4)c(Cl)c3)ncn2)c1)CCOCCN=[N+]=[N-]. The summed E-state index contributed by atoms with van der Waals surface area (Å²) >= 11 is 6.42. The minimum Gasteiger partial charge on any atom is -0.487 e. The molecule has 4 rings (SSSR count). The van der Waals surface area contributed by atoms with Crippen molar-refractivity contribution in [3.8, 4) is 5.75 Å². The number of hydrogen-bond donors (Lipinski definition) is 3. The fraction of sp³-hybridized carbons (Fsp3) is 0.219. The number of aromatic nitrogens is 2. The van der Waals surface area contributed by atoms with E-state index in [-0.39, 0.29) is 18.3 Å². The fourth-order valence-corrected chi connectivity index (χ4v) is 4.27. The van der Waals surface area contributed by atoms with Crippen LogP contribution < -0.4 is 20.7 Å². The molecule has 3 aromatic carbocycles. The Labute approximate surface area is 270 Å². The molecule has 3 N–H and O–H groups in total. The van der Waals surface area contributed by atoms with E-state index in [4.69, 9.17) is 26.6 Å². The molecule has 1 heterocycles. The lowest BCUT2D eigenvalue weighted by atomic mass is 10.2. The quantitative estimate of drug-likeness (QED) is 0.0362. The van der Waals surface area contributed by atoms with E-state index in [0.29, 0.717) is 72.2 Å². The van der Waals surface area contributed by atoms with Gasteiger partial charge in [0.2, 0.25) is 5.91 Å². The van der Waals surface area contributed by atoms with E-state index in [9.17, 15) is 9.18 Å². The number of amides is 1. The zero-order valence-corrected chi connectivity index (χ0v) is 25.8.